The van der Waals surface area contributed by atoms with Crippen LogP contribution >= 0.6 is 0 Å². The second-order valence-corrected chi connectivity index (χ2v) is 7.50. The van der Waals surface area contributed by atoms with Crippen LogP contribution in [0, 0.1) is 10.8 Å². The highest BCUT2D eigenvalue weighted by Crippen LogP contribution is 2.65. The van der Waals surface area contributed by atoms with Crippen molar-refractivity contribution in [2.75, 3.05) is 0 Å². The first-order chi connectivity index (χ1) is 8.46. The van der Waals surface area contributed by atoms with Gasteiger partial charge in [-0.05, 0) is 40.5 Å². The van der Waals surface area contributed by atoms with Crippen molar-refractivity contribution in [2.45, 2.75) is 65.5 Å². The zero-order chi connectivity index (χ0) is 14.7. The standard InChI is InChI=1S/C14H24N2O3/c1-11(2,3)16-15-9(17)14-8-7-13(6,10(18)19-14)12(14,4)5/h16H,7-8H2,1-6H3,(H,15,17). The molecule has 1 heterocycles. The van der Waals surface area contributed by atoms with Crippen LogP contribution in [0.4, 0.5) is 0 Å². The molecule has 2 aliphatic rings. The predicted molar refractivity (Wildman–Crippen MR) is 71.0 cm³/mol. The van der Waals surface area contributed by atoms with E-state index in [1.165, 1.54) is 0 Å². The molecule has 1 aliphatic carbocycles. The number of hydrogen-bond acceptors (Lipinski definition) is 4. The summed E-state index contributed by atoms with van der Waals surface area (Å²) in [4.78, 5) is 24.6. The van der Waals surface area contributed by atoms with Crippen molar-refractivity contribution in [3.05, 3.63) is 0 Å². The average molecular weight is 268 g/mol. The van der Waals surface area contributed by atoms with Crippen molar-refractivity contribution in [2.24, 2.45) is 10.8 Å². The monoisotopic (exact) mass is 268 g/mol. The Balaban J connectivity index is 2.25. The lowest BCUT2D eigenvalue weighted by molar-refractivity contribution is -0.169. The summed E-state index contributed by atoms with van der Waals surface area (Å²) in [5.74, 6) is -0.503. The van der Waals surface area contributed by atoms with Crippen LogP contribution in [0.15, 0.2) is 0 Å². The fraction of sp³-hybridized carbons (Fsp3) is 0.857. The first-order valence-electron chi connectivity index (χ1n) is 6.77. The van der Waals surface area contributed by atoms with E-state index in [4.69, 9.17) is 4.74 Å². The molecule has 108 valence electrons. The molecule has 5 nitrogen and oxygen atoms in total. The molecule has 0 spiro atoms. The summed E-state index contributed by atoms with van der Waals surface area (Å²) in [7, 11) is 0. The second kappa shape index (κ2) is 3.72. The quantitative estimate of drug-likeness (QED) is 0.588. The van der Waals surface area contributed by atoms with Gasteiger partial charge in [-0.1, -0.05) is 13.8 Å². The Morgan fingerprint density at radius 2 is 1.79 bits per heavy atom. The Hall–Kier alpha value is -1.10. The van der Waals surface area contributed by atoms with Gasteiger partial charge in [0.25, 0.3) is 5.91 Å². The third-order valence-corrected chi connectivity index (χ3v) is 5.00. The Morgan fingerprint density at radius 3 is 2.16 bits per heavy atom. The van der Waals surface area contributed by atoms with Gasteiger partial charge in [0.05, 0.1) is 5.41 Å². The van der Waals surface area contributed by atoms with Crippen LogP contribution in [-0.4, -0.2) is 23.0 Å². The van der Waals surface area contributed by atoms with E-state index in [0.29, 0.717) is 12.8 Å². The third-order valence-electron chi connectivity index (χ3n) is 5.00. The minimum absolute atomic E-state index is 0.235. The first-order valence-corrected chi connectivity index (χ1v) is 6.77. The zero-order valence-corrected chi connectivity index (χ0v) is 12.6. The number of carbonyl (C=O) groups excluding carboxylic acids is 2. The molecule has 0 aromatic heterocycles. The number of esters is 1. The third kappa shape index (κ3) is 1.71. The van der Waals surface area contributed by atoms with Crippen LogP contribution in [0.2, 0.25) is 0 Å². The fourth-order valence-corrected chi connectivity index (χ4v) is 3.09. The maximum atomic E-state index is 12.5. The SMILES string of the molecule is CC(C)(C)NNC(=O)C12CCC(C)(C(=O)O1)C2(C)C. The first kappa shape index (κ1) is 14.3. The molecule has 2 bridgehead atoms. The molecular formula is C14H24N2O3. The van der Waals surface area contributed by atoms with Gasteiger partial charge < -0.3 is 4.74 Å². The maximum absolute atomic E-state index is 12.5. The number of amides is 1. The van der Waals surface area contributed by atoms with E-state index in [1.807, 2.05) is 41.5 Å². The van der Waals surface area contributed by atoms with Crippen LogP contribution < -0.4 is 10.9 Å². The molecule has 19 heavy (non-hydrogen) atoms. The summed E-state index contributed by atoms with van der Waals surface area (Å²) in [6, 6.07) is 0. The number of hydrogen-bond donors (Lipinski definition) is 2. The van der Waals surface area contributed by atoms with Crippen molar-refractivity contribution >= 4 is 11.9 Å². The molecular weight excluding hydrogens is 244 g/mol. The van der Waals surface area contributed by atoms with Gasteiger partial charge in [-0.15, -0.1) is 0 Å². The summed E-state index contributed by atoms with van der Waals surface area (Å²) >= 11 is 0. The van der Waals surface area contributed by atoms with Gasteiger partial charge in [-0.3, -0.25) is 15.0 Å². The van der Waals surface area contributed by atoms with Gasteiger partial charge in [0.2, 0.25) is 0 Å². The predicted octanol–water partition coefficient (Wildman–Crippen LogP) is 1.53. The maximum Gasteiger partial charge on any atom is 0.313 e. The summed E-state index contributed by atoms with van der Waals surface area (Å²) in [6.07, 6.45) is 1.28. The van der Waals surface area contributed by atoms with Crippen LogP contribution in [0.3, 0.4) is 0 Å². The van der Waals surface area contributed by atoms with Gasteiger partial charge >= 0.3 is 5.97 Å². The van der Waals surface area contributed by atoms with Crippen molar-refractivity contribution < 1.29 is 14.3 Å². The highest BCUT2D eigenvalue weighted by atomic mass is 16.6. The van der Waals surface area contributed by atoms with E-state index in [-0.39, 0.29) is 17.4 Å². The number of ether oxygens (including phenoxy) is 1. The molecule has 2 atom stereocenters. The summed E-state index contributed by atoms with van der Waals surface area (Å²) < 4.78 is 5.50. The van der Waals surface area contributed by atoms with Crippen LogP contribution in [0.5, 0.6) is 0 Å². The minimum atomic E-state index is -1.04. The van der Waals surface area contributed by atoms with E-state index >= 15 is 0 Å². The molecule has 0 aromatic rings. The molecule has 1 saturated heterocycles. The van der Waals surface area contributed by atoms with Gasteiger partial charge in [-0.2, -0.15) is 0 Å². The number of hydrazine groups is 1. The van der Waals surface area contributed by atoms with E-state index in [1.54, 1.807) is 0 Å². The highest BCUT2D eigenvalue weighted by molar-refractivity contribution is 5.96. The van der Waals surface area contributed by atoms with Gasteiger partial charge in [0, 0.05) is 11.0 Å². The molecule has 5 heteroatoms. The lowest BCUT2D eigenvalue weighted by Gasteiger charge is -2.36. The van der Waals surface area contributed by atoms with E-state index < -0.39 is 16.4 Å². The molecule has 1 aliphatic heterocycles. The highest BCUT2D eigenvalue weighted by Gasteiger charge is 2.75. The lowest BCUT2D eigenvalue weighted by atomic mass is 9.66. The second-order valence-electron chi connectivity index (χ2n) is 7.50. The number of nitrogens with one attached hydrogen (secondary N) is 2. The topological polar surface area (TPSA) is 67.4 Å². The average Bonchev–Trinajstić information content (AvgIpc) is 2.55. The Morgan fingerprint density at radius 1 is 1.21 bits per heavy atom. The number of rotatable bonds is 2. The van der Waals surface area contributed by atoms with E-state index in [9.17, 15) is 9.59 Å². The fourth-order valence-electron chi connectivity index (χ4n) is 3.09. The van der Waals surface area contributed by atoms with Crippen molar-refractivity contribution in [3.8, 4) is 0 Å². The lowest BCUT2D eigenvalue weighted by Crippen LogP contribution is -2.59. The summed E-state index contributed by atoms with van der Waals surface area (Å²) in [5, 5.41) is 0. The smallest absolute Gasteiger partial charge is 0.313 e. The molecule has 2 fully saturated rings. The Bertz CT molecular complexity index is 438. The summed E-state index contributed by atoms with van der Waals surface area (Å²) in [6.45, 7) is 11.7. The Labute approximate surface area is 114 Å². The van der Waals surface area contributed by atoms with Gasteiger partial charge in [0.15, 0.2) is 5.60 Å². The minimum Gasteiger partial charge on any atom is -0.448 e. The molecule has 1 amide bonds. The van der Waals surface area contributed by atoms with Gasteiger partial charge in [-0.25, -0.2) is 5.43 Å². The largest absolute Gasteiger partial charge is 0.448 e. The van der Waals surface area contributed by atoms with Crippen molar-refractivity contribution in [3.63, 3.8) is 0 Å². The van der Waals surface area contributed by atoms with Crippen LogP contribution in [0.1, 0.15) is 54.4 Å². The van der Waals surface area contributed by atoms with Gasteiger partial charge in [0.1, 0.15) is 0 Å². The number of fused-ring (bicyclic) bond motifs is 2. The molecule has 2 N–H and O–H groups in total. The molecule has 1 saturated carbocycles. The molecule has 0 aromatic carbocycles. The normalized spacial score (nSPS) is 36.2. The Kier molecular flexibility index (Phi) is 2.80. The molecule has 0 radical (unpaired) electrons. The molecule has 2 rings (SSSR count). The number of carbonyl (C=O) groups is 2. The molecule has 2 unspecified atom stereocenters. The van der Waals surface area contributed by atoms with E-state index in [2.05, 4.69) is 10.9 Å². The van der Waals surface area contributed by atoms with Crippen molar-refractivity contribution in [1.82, 2.24) is 10.9 Å². The zero-order valence-electron chi connectivity index (χ0n) is 12.6. The summed E-state index contributed by atoms with van der Waals surface area (Å²) in [5.41, 5.74) is 3.32. The van der Waals surface area contributed by atoms with Crippen LogP contribution in [-0.2, 0) is 14.3 Å². The van der Waals surface area contributed by atoms with Crippen molar-refractivity contribution in [1.29, 1.82) is 0 Å². The van der Waals surface area contributed by atoms with Crippen LogP contribution in [0.25, 0.3) is 0 Å². The van der Waals surface area contributed by atoms with E-state index in [0.717, 1.165) is 0 Å².